The zero-order valence-corrected chi connectivity index (χ0v) is 12.3. The highest BCUT2D eigenvalue weighted by molar-refractivity contribution is 5.85. The SMILES string of the molecule is CC(C)NCc1nnc(Cc2cccc3ccccc23)o1. The van der Waals surface area contributed by atoms with E-state index in [1.54, 1.807) is 0 Å². The quantitative estimate of drug-likeness (QED) is 0.779. The first kappa shape index (κ1) is 13.8. The van der Waals surface area contributed by atoms with E-state index in [-0.39, 0.29) is 0 Å². The molecule has 3 aromatic rings. The van der Waals surface area contributed by atoms with Crippen molar-refractivity contribution in [2.75, 3.05) is 0 Å². The fourth-order valence-electron chi connectivity index (χ4n) is 2.33. The van der Waals surface area contributed by atoms with E-state index in [0.717, 1.165) is 0 Å². The van der Waals surface area contributed by atoms with Crippen LogP contribution >= 0.6 is 0 Å². The van der Waals surface area contributed by atoms with Crippen LogP contribution in [-0.2, 0) is 13.0 Å². The molecule has 0 fully saturated rings. The number of hydrogen-bond donors (Lipinski definition) is 1. The molecule has 0 radical (unpaired) electrons. The van der Waals surface area contributed by atoms with Crippen LogP contribution in [-0.4, -0.2) is 16.2 Å². The molecule has 3 rings (SSSR count). The molecule has 0 aliphatic carbocycles. The lowest BCUT2D eigenvalue weighted by molar-refractivity contribution is 0.427. The summed E-state index contributed by atoms with van der Waals surface area (Å²) in [5, 5.41) is 14.0. The van der Waals surface area contributed by atoms with Gasteiger partial charge in [-0.3, -0.25) is 0 Å². The number of fused-ring (bicyclic) bond motifs is 1. The van der Waals surface area contributed by atoms with Crippen molar-refractivity contribution in [1.82, 2.24) is 15.5 Å². The molecule has 1 heterocycles. The second-order valence-electron chi connectivity index (χ2n) is 5.44. The Morgan fingerprint density at radius 2 is 1.76 bits per heavy atom. The minimum atomic E-state index is 0.401. The van der Waals surface area contributed by atoms with E-state index in [4.69, 9.17) is 4.42 Å². The minimum Gasteiger partial charge on any atom is -0.424 e. The van der Waals surface area contributed by atoms with Crippen LogP contribution in [0.2, 0.25) is 0 Å². The Kier molecular flexibility index (Phi) is 3.97. The van der Waals surface area contributed by atoms with Gasteiger partial charge in [0.05, 0.1) is 13.0 Å². The highest BCUT2D eigenvalue weighted by Gasteiger charge is 2.09. The van der Waals surface area contributed by atoms with Crippen LogP contribution in [0, 0.1) is 0 Å². The van der Waals surface area contributed by atoms with E-state index in [2.05, 4.69) is 71.8 Å². The van der Waals surface area contributed by atoms with Crippen LogP contribution in [0.1, 0.15) is 31.2 Å². The Hall–Kier alpha value is -2.20. The molecule has 0 bridgehead atoms. The van der Waals surface area contributed by atoms with Gasteiger partial charge in [0.15, 0.2) is 0 Å². The third-order valence-electron chi connectivity index (χ3n) is 3.39. The maximum Gasteiger partial charge on any atom is 0.230 e. The topological polar surface area (TPSA) is 51.0 Å². The van der Waals surface area contributed by atoms with Crippen LogP contribution in [0.15, 0.2) is 46.9 Å². The Balaban J connectivity index is 1.79. The van der Waals surface area contributed by atoms with Crippen LogP contribution in [0.4, 0.5) is 0 Å². The third kappa shape index (κ3) is 3.28. The molecule has 108 valence electrons. The van der Waals surface area contributed by atoms with Crippen molar-refractivity contribution < 1.29 is 4.42 Å². The molecule has 1 aromatic heterocycles. The van der Waals surface area contributed by atoms with E-state index in [0.29, 0.717) is 30.8 Å². The predicted octanol–water partition coefficient (Wildman–Crippen LogP) is 3.31. The summed E-state index contributed by atoms with van der Waals surface area (Å²) in [6, 6.07) is 15.0. The summed E-state index contributed by atoms with van der Waals surface area (Å²) in [4.78, 5) is 0. The smallest absolute Gasteiger partial charge is 0.230 e. The average Bonchev–Trinajstić information content (AvgIpc) is 2.93. The second-order valence-corrected chi connectivity index (χ2v) is 5.44. The van der Waals surface area contributed by atoms with Gasteiger partial charge in [0.2, 0.25) is 11.8 Å². The maximum absolute atomic E-state index is 5.70. The van der Waals surface area contributed by atoms with Gasteiger partial charge in [-0.15, -0.1) is 10.2 Å². The minimum absolute atomic E-state index is 0.401. The summed E-state index contributed by atoms with van der Waals surface area (Å²) in [5.41, 5.74) is 1.21. The van der Waals surface area contributed by atoms with Gasteiger partial charge < -0.3 is 9.73 Å². The summed E-state index contributed by atoms with van der Waals surface area (Å²) in [6.07, 6.45) is 0.663. The molecule has 21 heavy (non-hydrogen) atoms. The zero-order chi connectivity index (χ0) is 14.7. The van der Waals surface area contributed by atoms with Gasteiger partial charge in [0, 0.05) is 6.04 Å². The molecule has 1 N–H and O–H groups in total. The van der Waals surface area contributed by atoms with Gasteiger partial charge >= 0.3 is 0 Å². The summed E-state index contributed by atoms with van der Waals surface area (Å²) in [5.74, 6) is 1.30. The largest absolute Gasteiger partial charge is 0.424 e. The number of rotatable bonds is 5. The van der Waals surface area contributed by atoms with Crippen molar-refractivity contribution in [2.24, 2.45) is 0 Å². The Morgan fingerprint density at radius 1 is 1.00 bits per heavy atom. The van der Waals surface area contributed by atoms with Crippen molar-refractivity contribution in [1.29, 1.82) is 0 Å². The van der Waals surface area contributed by atoms with E-state index in [1.165, 1.54) is 16.3 Å². The van der Waals surface area contributed by atoms with Crippen LogP contribution in [0.25, 0.3) is 10.8 Å². The zero-order valence-electron chi connectivity index (χ0n) is 12.3. The van der Waals surface area contributed by atoms with E-state index in [9.17, 15) is 0 Å². The van der Waals surface area contributed by atoms with Gasteiger partial charge in [-0.05, 0) is 16.3 Å². The highest BCUT2D eigenvalue weighted by Crippen LogP contribution is 2.20. The average molecular weight is 281 g/mol. The lowest BCUT2D eigenvalue weighted by atomic mass is 10.0. The van der Waals surface area contributed by atoms with Crippen molar-refractivity contribution in [2.45, 2.75) is 32.9 Å². The summed E-state index contributed by atoms with van der Waals surface area (Å²) in [7, 11) is 0. The number of hydrogen-bond acceptors (Lipinski definition) is 4. The first-order valence-corrected chi connectivity index (χ1v) is 7.23. The van der Waals surface area contributed by atoms with E-state index < -0.39 is 0 Å². The van der Waals surface area contributed by atoms with E-state index >= 15 is 0 Å². The molecule has 0 amide bonds. The van der Waals surface area contributed by atoms with E-state index in [1.807, 2.05) is 0 Å². The number of aromatic nitrogens is 2. The molecule has 0 saturated heterocycles. The Morgan fingerprint density at radius 3 is 2.62 bits per heavy atom. The van der Waals surface area contributed by atoms with Crippen LogP contribution in [0.5, 0.6) is 0 Å². The molecule has 0 saturated carbocycles. The normalized spacial score (nSPS) is 11.4. The summed E-state index contributed by atoms with van der Waals surface area (Å²) < 4.78 is 5.70. The van der Waals surface area contributed by atoms with Crippen LogP contribution in [0.3, 0.4) is 0 Å². The van der Waals surface area contributed by atoms with Crippen molar-refractivity contribution in [3.63, 3.8) is 0 Å². The standard InChI is InChI=1S/C17H19N3O/c1-12(2)18-11-17-20-19-16(21-17)10-14-8-5-7-13-6-3-4-9-15(13)14/h3-9,12,18H,10-11H2,1-2H3. The van der Waals surface area contributed by atoms with Gasteiger partial charge in [0.25, 0.3) is 0 Å². The van der Waals surface area contributed by atoms with Gasteiger partial charge in [-0.2, -0.15) is 0 Å². The highest BCUT2D eigenvalue weighted by atomic mass is 16.4. The monoisotopic (exact) mass is 281 g/mol. The Bertz CT molecular complexity index is 728. The Labute approximate surface area is 124 Å². The van der Waals surface area contributed by atoms with Gasteiger partial charge in [0.1, 0.15) is 0 Å². The van der Waals surface area contributed by atoms with Crippen molar-refractivity contribution in [3.05, 3.63) is 59.8 Å². The molecule has 0 aliphatic rings. The lowest BCUT2D eigenvalue weighted by Crippen LogP contribution is -2.21. The van der Waals surface area contributed by atoms with Gasteiger partial charge in [-0.1, -0.05) is 56.3 Å². The molecule has 0 atom stereocenters. The van der Waals surface area contributed by atoms with Gasteiger partial charge in [-0.25, -0.2) is 0 Å². The fourth-order valence-corrected chi connectivity index (χ4v) is 2.33. The van der Waals surface area contributed by atoms with Crippen LogP contribution < -0.4 is 5.32 Å². The third-order valence-corrected chi connectivity index (χ3v) is 3.39. The molecular formula is C17H19N3O. The first-order chi connectivity index (χ1) is 10.2. The van der Waals surface area contributed by atoms with Crippen molar-refractivity contribution >= 4 is 10.8 Å². The van der Waals surface area contributed by atoms with Crippen molar-refractivity contribution in [3.8, 4) is 0 Å². The molecule has 4 nitrogen and oxygen atoms in total. The molecule has 0 aliphatic heterocycles. The maximum atomic E-state index is 5.70. The molecule has 2 aromatic carbocycles. The first-order valence-electron chi connectivity index (χ1n) is 7.23. The predicted molar refractivity (Wildman–Crippen MR) is 83.0 cm³/mol. The molecular weight excluding hydrogens is 262 g/mol. The molecule has 0 unspecified atom stereocenters. The summed E-state index contributed by atoms with van der Waals surface area (Å²) in [6.45, 7) is 4.79. The number of nitrogens with zero attached hydrogens (tertiary/aromatic N) is 2. The molecule has 4 heteroatoms. The summed E-state index contributed by atoms with van der Waals surface area (Å²) >= 11 is 0. The lowest BCUT2D eigenvalue weighted by Gasteiger charge is -2.04. The number of nitrogens with one attached hydrogen (secondary N) is 1. The number of benzene rings is 2. The molecule has 0 spiro atoms. The second kappa shape index (κ2) is 6.06. The fraction of sp³-hybridized carbons (Fsp3) is 0.294.